The molecular weight excluding hydrogens is 273 g/mol. The molecule has 0 spiro atoms. The SMILES string of the molecule is CCC(CCO)CNCc1cc(Cl)cc(Cl)c1O. The Balaban J connectivity index is 2.53. The third-order valence-electron chi connectivity index (χ3n) is 2.97. The summed E-state index contributed by atoms with van der Waals surface area (Å²) in [4.78, 5) is 0. The van der Waals surface area contributed by atoms with Gasteiger partial charge in [0.1, 0.15) is 5.75 Å². The van der Waals surface area contributed by atoms with Crippen molar-refractivity contribution in [2.75, 3.05) is 13.2 Å². The summed E-state index contributed by atoms with van der Waals surface area (Å²) < 4.78 is 0. The smallest absolute Gasteiger partial charge is 0.138 e. The van der Waals surface area contributed by atoms with E-state index in [1.54, 1.807) is 6.07 Å². The van der Waals surface area contributed by atoms with Gasteiger partial charge in [0.05, 0.1) is 5.02 Å². The van der Waals surface area contributed by atoms with Crippen LogP contribution in [0.5, 0.6) is 5.75 Å². The Labute approximate surface area is 118 Å². The maximum atomic E-state index is 9.78. The minimum atomic E-state index is 0.0729. The number of hydrogen-bond donors (Lipinski definition) is 3. The van der Waals surface area contributed by atoms with Crippen molar-refractivity contribution in [3.05, 3.63) is 27.7 Å². The van der Waals surface area contributed by atoms with E-state index in [0.29, 0.717) is 23.0 Å². The van der Waals surface area contributed by atoms with E-state index >= 15 is 0 Å². The number of nitrogens with one attached hydrogen (secondary N) is 1. The van der Waals surface area contributed by atoms with Crippen LogP contribution in [0.3, 0.4) is 0 Å². The number of phenolic OH excluding ortho intramolecular Hbond substituents is 1. The van der Waals surface area contributed by atoms with Gasteiger partial charge in [-0.25, -0.2) is 0 Å². The van der Waals surface area contributed by atoms with Gasteiger partial charge in [0, 0.05) is 23.7 Å². The Bertz CT molecular complexity index is 385. The van der Waals surface area contributed by atoms with E-state index in [-0.39, 0.29) is 17.4 Å². The number of hydrogen-bond acceptors (Lipinski definition) is 3. The van der Waals surface area contributed by atoms with Crippen molar-refractivity contribution in [2.45, 2.75) is 26.3 Å². The first kappa shape index (κ1) is 15.6. The van der Waals surface area contributed by atoms with Crippen molar-refractivity contribution >= 4 is 23.2 Å². The molecule has 0 aliphatic heterocycles. The summed E-state index contributed by atoms with van der Waals surface area (Å²) in [7, 11) is 0. The second-order valence-electron chi connectivity index (χ2n) is 4.31. The van der Waals surface area contributed by atoms with Crippen LogP contribution in [0.25, 0.3) is 0 Å². The molecule has 0 saturated carbocycles. The molecule has 0 fully saturated rings. The Morgan fingerprint density at radius 3 is 2.67 bits per heavy atom. The van der Waals surface area contributed by atoms with Gasteiger partial charge in [-0.2, -0.15) is 0 Å². The summed E-state index contributed by atoms with van der Waals surface area (Å²) in [5, 5.41) is 22.7. The number of phenols is 1. The lowest BCUT2D eigenvalue weighted by atomic mass is 10.0. The Hall–Kier alpha value is -0.480. The minimum Gasteiger partial charge on any atom is -0.506 e. The predicted molar refractivity (Wildman–Crippen MR) is 75.3 cm³/mol. The highest BCUT2D eigenvalue weighted by Gasteiger charge is 2.09. The monoisotopic (exact) mass is 291 g/mol. The zero-order chi connectivity index (χ0) is 13.5. The molecule has 102 valence electrons. The lowest BCUT2D eigenvalue weighted by Crippen LogP contribution is -2.23. The van der Waals surface area contributed by atoms with Crippen LogP contribution in [0.15, 0.2) is 12.1 Å². The van der Waals surface area contributed by atoms with Crippen LogP contribution in [0.2, 0.25) is 10.0 Å². The van der Waals surface area contributed by atoms with Crippen molar-refractivity contribution in [3.8, 4) is 5.75 Å². The molecule has 0 radical (unpaired) electrons. The van der Waals surface area contributed by atoms with Gasteiger partial charge in [0.25, 0.3) is 0 Å². The van der Waals surface area contributed by atoms with Gasteiger partial charge in [-0.15, -0.1) is 0 Å². The third kappa shape index (κ3) is 4.65. The second kappa shape index (κ2) is 7.85. The van der Waals surface area contributed by atoms with Crippen molar-refractivity contribution < 1.29 is 10.2 Å². The van der Waals surface area contributed by atoms with E-state index in [1.165, 1.54) is 6.07 Å². The van der Waals surface area contributed by atoms with Crippen LogP contribution in [0.1, 0.15) is 25.3 Å². The van der Waals surface area contributed by atoms with E-state index in [0.717, 1.165) is 19.4 Å². The molecule has 18 heavy (non-hydrogen) atoms. The van der Waals surface area contributed by atoms with Crippen LogP contribution in [0.4, 0.5) is 0 Å². The van der Waals surface area contributed by atoms with Crippen LogP contribution in [-0.4, -0.2) is 23.4 Å². The van der Waals surface area contributed by atoms with E-state index in [1.807, 2.05) is 0 Å². The molecule has 1 unspecified atom stereocenters. The van der Waals surface area contributed by atoms with E-state index in [2.05, 4.69) is 12.2 Å². The van der Waals surface area contributed by atoms with Crippen LogP contribution >= 0.6 is 23.2 Å². The van der Waals surface area contributed by atoms with Gasteiger partial charge in [-0.3, -0.25) is 0 Å². The number of aromatic hydroxyl groups is 1. The fourth-order valence-electron chi connectivity index (χ4n) is 1.80. The summed E-state index contributed by atoms with van der Waals surface area (Å²) >= 11 is 11.7. The van der Waals surface area contributed by atoms with Gasteiger partial charge in [-0.05, 0) is 31.0 Å². The molecule has 0 aliphatic rings. The lowest BCUT2D eigenvalue weighted by Gasteiger charge is -2.15. The molecule has 3 N–H and O–H groups in total. The average molecular weight is 292 g/mol. The van der Waals surface area contributed by atoms with Crippen LogP contribution in [0, 0.1) is 5.92 Å². The van der Waals surface area contributed by atoms with Crippen LogP contribution in [-0.2, 0) is 6.54 Å². The van der Waals surface area contributed by atoms with Gasteiger partial charge < -0.3 is 15.5 Å². The molecule has 0 heterocycles. The standard InChI is InChI=1S/C13H19Cl2NO2/c1-2-9(3-4-17)7-16-8-10-5-11(14)6-12(15)13(10)18/h5-6,9,16-18H,2-4,7-8H2,1H3. The topological polar surface area (TPSA) is 52.5 Å². The lowest BCUT2D eigenvalue weighted by molar-refractivity contribution is 0.251. The molecule has 5 heteroatoms. The Kier molecular flexibility index (Phi) is 6.79. The maximum absolute atomic E-state index is 9.78. The number of aliphatic hydroxyl groups excluding tert-OH is 1. The minimum absolute atomic E-state index is 0.0729. The van der Waals surface area contributed by atoms with Crippen molar-refractivity contribution in [3.63, 3.8) is 0 Å². The number of rotatable bonds is 7. The molecule has 1 atom stereocenters. The van der Waals surface area contributed by atoms with Crippen LogP contribution < -0.4 is 5.32 Å². The zero-order valence-corrected chi connectivity index (χ0v) is 11.9. The summed E-state index contributed by atoms with van der Waals surface area (Å²) in [6.07, 6.45) is 1.79. The molecule has 1 aromatic rings. The first-order chi connectivity index (χ1) is 8.58. The van der Waals surface area contributed by atoms with Gasteiger partial charge in [0.15, 0.2) is 0 Å². The fourth-order valence-corrected chi connectivity index (χ4v) is 2.33. The molecular formula is C13H19Cl2NO2. The fraction of sp³-hybridized carbons (Fsp3) is 0.538. The number of aliphatic hydroxyl groups is 1. The first-order valence-electron chi connectivity index (χ1n) is 6.07. The quantitative estimate of drug-likeness (QED) is 0.723. The highest BCUT2D eigenvalue weighted by atomic mass is 35.5. The third-order valence-corrected chi connectivity index (χ3v) is 3.48. The average Bonchev–Trinajstić information content (AvgIpc) is 2.33. The highest BCUT2D eigenvalue weighted by molar-refractivity contribution is 6.35. The summed E-state index contributed by atoms with van der Waals surface area (Å²) in [6, 6.07) is 3.21. The molecule has 1 rings (SSSR count). The molecule has 3 nitrogen and oxygen atoms in total. The molecule has 0 aliphatic carbocycles. The van der Waals surface area contributed by atoms with Crippen molar-refractivity contribution in [2.24, 2.45) is 5.92 Å². The second-order valence-corrected chi connectivity index (χ2v) is 5.16. The molecule has 0 bridgehead atoms. The summed E-state index contributed by atoms with van der Waals surface area (Å²) in [6.45, 7) is 3.60. The van der Waals surface area contributed by atoms with Gasteiger partial charge in [0.2, 0.25) is 0 Å². The maximum Gasteiger partial charge on any atom is 0.138 e. The molecule has 0 saturated heterocycles. The molecule has 0 aromatic heterocycles. The summed E-state index contributed by atoms with van der Waals surface area (Å²) in [5.41, 5.74) is 0.686. The number of benzene rings is 1. The van der Waals surface area contributed by atoms with E-state index in [4.69, 9.17) is 28.3 Å². The van der Waals surface area contributed by atoms with Crippen molar-refractivity contribution in [1.82, 2.24) is 5.32 Å². The molecule has 0 amide bonds. The molecule has 1 aromatic carbocycles. The largest absolute Gasteiger partial charge is 0.506 e. The first-order valence-corrected chi connectivity index (χ1v) is 6.82. The van der Waals surface area contributed by atoms with E-state index < -0.39 is 0 Å². The van der Waals surface area contributed by atoms with E-state index in [9.17, 15) is 5.11 Å². The van der Waals surface area contributed by atoms with Gasteiger partial charge >= 0.3 is 0 Å². The Morgan fingerprint density at radius 1 is 1.33 bits per heavy atom. The zero-order valence-electron chi connectivity index (χ0n) is 10.4. The summed E-state index contributed by atoms with van der Waals surface area (Å²) in [5.74, 6) is 0.510. The number of halogens is 2. The van der Waals surface area contributed by atoms with Gasteiger partial charge in [-0.1, -0.05) is 36.5 Å². The Morgan fingerprint density at radius 2 is 2.06 bits per heavy atom. The van der Waals surface area contributed by atoms with Crippen molar-refractivity contribution in [1.29, 1.82) is 0 Å². The highest BCUT2D eigenvalue weighted by Crippen LogP contribution is 2.30. The normalized spacial score (nSPS) is 12.7. The predicted octanol–water partition coefficient (Wildman–Crippen LogP) is 3.20.